The number of esters is 1. The monoisotopic (exact) mass is 546 g/mol. The standard InChI is InChI=1S/C30H32N4O6/c1-30(38)23-15-25-26-19(16-34(25)27(35)22(23)17-39-28(30)36)13-18-14-21(5-6-24(18)31-26)40-29(37)33-11-7-20(8-12-33)32-9-3-2-4-10-32/h5-6,13-15,20,38H,2-4,7-12,16-17H2,1H3/t30-/m0/s1/i13T. The van der Waals surface area contributed by atoms with Crippen molar-refractivity contribution in [1.29, 1.82) is 0 Å². The molecule has 10 nitrogen and oxygen atoms in total. The third-order valence-electron chi connectivity index (χ3n) is 8.84. The molecule has 2 fully saturated rings. The van der Waals surface area contributed by atoms with E-state index in [0.29, 0.717) is 52.7 Å². The number of likely N-dealkylation sites (tertiary alicyclic amines) is 2. The number of cyclic esters (lactones) is 1. The fourth-order valence-electron chi connectivity index (χ4n) is 6.54. The van der Waals surface area contributed by atoms with Gasteiger partial charge in [-0.15, -0.1) is 0 Å². The molecule has 1 N–H and O–H groups in total. The van der Waals surface area contributed by atoms with Crippen LogP contribution in [-0.4, -0.2) is 68.7 Å². The van der Waals surface area contributed by atoms with Crippen molar-refractivity contribution >= 4 is 23.0 Å². The Morgan fingerprint density at radius 2 is 1.93 bits per heavy atom. The molecule has 4 aliphatic heterocycles. The molecule has 7 rings (SSSR count). The van der Waals surface area contributed by atoms with E-state index in [-0.39, 0.29) is 35.9 Å². The zero-order valence-electron chi connectivity index (χ0n) is 23.4. The number of piperidine rings is 2. The van der Waals surface area contributed by atoms with Gasteiger partial charge in [0.25, 0.3) is 5.56 Å². The Labute approximate surface area is 232 Å². The highest BCUT2D eigenvalue weighted by Gasteiger charge is 2.43. The Morgan fingerprint density at radius 3 is 2.70 bits per heavy atom. The fourth-order valence-corrected chi connectivity index (χ4v) is 6.54. The molecule has 1 amide bonds. The van der Waals surface area contributed by atoms with Gasteiger partial charge in [0.1, 0.15) is 12.4 Å². The second-order valence-corrected chi connectivity index (χ2v) is 11.4. The molecule has 0 aliphatic carbocycles. The van der Waals surface area contributed by atoms with Crippen molar-refractivity contribution < 1.29 is 25.5 Å². The van der Waals surface area contributed by atoms with Gasteiger partial charge in [-0.1, -0.05) is 6.42 Å². The molecular weight excluding hydrogens is 512 g/mol. The predicted octanol–water partition coefficient (Wildman–Crippen LogP) is 3.14. The van der Waals surface area contributed by atoms with Gasteiger partial charge in [-0.25, -0.2) is 14.6 Å². The van der Waals surface area contributed by atoms with E-state index in [2.05, 4.69) is 4.90 Å². The van der Waals surface area contributed by atoms with E-state index < -0.39 is 17.7 Å². The summed E-state index contributed by atoms with van der Waals surface area (Å²) in [7, 11) is 0. The summed E-state index contributed by atoms with van der Waals surface area (Å²) in [6, 6.07) is 7.33. The zero-order valence-corrected chi connectivity index (χ0v) is 22.4. The largest absolute Gasteiger partial charge is 0.458 e. The van der Waals surface area contributed by atoms with Crippen LogP contribution in [0.25, 0.3) is 22.3 Å². The second kappa shape index (κ2) is 9.42. The second-order valence-electron chi connectivity index (χ2n) is 11.4. The Morgan fingerprint density at radius 1 is 1.15 bits per heavy atom. The Hall–Kier alpha value is -3.76. The highest BCUT2D eigenvalue weighted by Crippen LogP contribution is 2.37. The lowest BCUT2D eigenvalue weighted by Crippen LogP contribution is -2.48. The van der Waals surface area contributed by atoms with E-state index in [1.165, 1.54) is 30.8 Å². The van der Waals surface area contributed by atoms with Crippen molar-refractivity contribution in [3.8, 4) is 17.1 Å². The van der Waals surface area contributed by atoms with E-state index in [9.17, 15) is 19.5 Å². The number of benzene rings is 1. The summed E-state index contributed by atoms with van der Waals surface area (Å²) >= 11 is 0. The van der Waals surface area contributed by atoms with E-state index in [4.69, 9.17) is 15.8 Å². The summed E-state index contributed by atoms with van der Waals surface area (Å²) in [6.45, 7) is 4.84. The lowest BCUT2D eigenvalue weighted by atomic mass is 9.90. The van der Waals surface area contributed by atoms with Crippen LogP contribution >= 0.6 is 0 Å². The number of carbonyl (C=O) groups is 2. The van der Waals surface area contributed by atoms with Gasteiger partial charge < -0.3 is 28.9 Å². The zero-order chi connectivity index (χ0) is 28.5. The van der Waals surface area contributed by atoms with Crippen LogP contribution in [-0.2, 0) is 28.3 Å². The highest BCUT2D eigenvalue weighted by molar-refractivity contribution is 5.87. The maximum absolute atomic E-state index is 13.3. The van der Waals surface area contributed by atoms with Crippen LogP contribution in [0.5, 0.6) is 5.75 Å². The third kappa shape index (κ3) is 4.08. The van der Waals surface area contributed by atoms with Crippen molar-refractivity contribution in [2.45, 2.75) is 63.8 Å². The number of rotatable bonds is 2. The van der Waals surface area contributed by atoms with Crippen molar-refractivity contribution in [2.24, 2.45) is 0 Å². The molecule has 0 bridgehead atoms. The first-order valence-electron chi connectivity index (χ1n) is 14.5. The van der Waals surface area contributed by atoms with Gasteiger partial charge in [-0.3, -0.25) is 4.79 Å². The van der Waals surface area contributed by atoms with Crippen LogP contribution in [0.3, 0.4) is 0 Å². The number of aliphatic hydroxyl groups is 1. The smallest absolute Gasteiger partial charge is 0.415 e. The van der Waals surface area contributed by atoms with Gasteiger partial charge in [0.15, 0.2) is 5.60 Å². The van der Waals surface area contributed by atoms with Crippen LogP contribution in [0.2, 0.25) is 0 Å². The number of fused-ring (bicyclic) bond motifs is 5. The van der Waals surface area contributed by atoms with Gasteiger partial charge in [-0.2, -0.15) is 0 Å². The Kier molecular flexibility index (Phi) is 5.67. The molecule has 6 heterocycles. The topological polar surface area (TPSA) is 114 Å². The molecule has 3 aromatic rings. The number of hydrogen-bond acceptors (Lipinski definition) is 8. The maximum Gasteiger partial charge on any atom is 0.415 e. The van der Waals surface area contributed by atoms with Crippen LogP contribution < -0.4 is 10.3 Å². The summed E-state index contributed by atoms with van der Waals surface area (Å²) in [5.41, 5.74) is 0.0481. The number of aromatic nitrogens is 2. The summed E-state index contributed by atoms with van der Waals surface area (Å²) in [5.74, 6) is -0.473. The summed E-state index contributed by atoms with van der Waals surface area (Å²) < 4.78 is 21.2. The van der Waals surface area contributed by atoms with Crippen LogP contribution in [0.1, 0.15) is 57.1 Å². The summed E-state index contributed by atoms with van der Waals surface area (Å²) in [5, 5.41) is 11.3. The van der Waals surface area contributed by atoms with Gasteiger partial charge in [0.2, 0.25) is 0 Å². The van der Waals surface area contributed by atoms with E-state index in [0.717, 1.165) is 25.9 Å². The van der Waals surface area contributed by atoms with Gasteiger partial charge in [0, 0.05) is 35.6 Å². The lowest BCUT2D eigenvalue weighted by molar-refractivity contribution is -0.169. The SMILES string of the molecule is [3H]c1c2c(nc3ccc(OC(=O)N4CCC(N5CCCCC5)CC4)cc13)-c1cc3c(c(=O)n1C2)COC(=O)[C@@]3(C)O. The first kappa shape index (κ1) is 24.1. The highest BCUT2D eigenvalue weighted by atomic mass is 16.6. The van der Waals surface area contributed by atoms with Crippen molar-refractivity contribution in [1.82, 2.24) is 19.4 Å². The fraction of sp³-hybridized carbons (Fsp3) is 0.467. The number of carbonyl (C=O) groups excluding carboxylic acids is 2. The predicted molar refractivity (Wildman–Crippen MR) is 146 cm³/mol. The minimum atomic E-state index is -1.95. The van der Waals surface area contributed by atoms with E-state index in [1.807, 2.05) is 0 Å². The van der Waals surface area contributed by atoms with Gasteiger partial charge in [0.05, 0.1) is 30.4 Å². The molecule has 2 aromatic heterocycles. The minimum Gasteiger partial charge on any atom is -0.458 e. The quantitative estimate of drug-likeness (QED) is 0.382. The van der Waals surface area contributed by atoms with Gasteiger partial charge in [-0.05, 0) is 76.0 Å². The van der Waals surface area contributed by atoms with Crippen molar-refractivity contribution in [3.63, 3.8) is 0 Å². The van der Waals surface area contributed by atoms with Crippen molar-refractivity contribution in [2.75, 3.05) is 26.2 Å². The molecule has 208 valence electrons. The maximum atomic E-state index is 13.3. The number of ether oxygens (including phenoxy) is 2. The Bertz CT molecular complexity index is 1650. The summed E-state index contributed by atoms with van der Waals surface area (Å²) in [4.78, 5) is 47.5. The molecular formula is C30H32N4O6. The molecule has 0 saturated carbocycles. The van der Waals surface area contributed by atoms with Crippen LogP contribution in [0.15, 0.2) is 35.1 Å². The molecule has 10 heteroatoms. The summed E-state index contributed by atoms with van der Waals surface area (Å²) in [6.07, 6.45) is 5.31. The molecule has 0 unspecified atom stereocenters. The molecule has 1 aromatic carbocycles. The first-order valence-corrected chi connectivity index (χ1v) is 14.0. The number of hydrogen-bond donors (Lipinski definition) is 1. The van der Waals surface area contributed by atoms with Gasteiger partial charge >= 0.3 is 12.1 Å². The first-order chi connectivity index (χ1) is 19.7. The Balaban J connectivity index is 1.13. The molecule has 4 aliphatic rings. The molecule has 0 spiro atoms. The number of pyridine rings is 2. The van der Waals surface area contributed by atoms with Crippen LogP contribution in [0.4, 0.5) is 4.79 Å². The molecule has 0 radical (unpaired) electrons. The number of amides is 1. The molecule has 2 saturated heterocycles. The number of nitrogens with zero attached hydrogens (tertiary/aromatic N) is 4. The molecule has 40 heavy (non-hydrogen) atoms. The average molecular weight is 547 g/mol. The van der Waals surface area contributed by atoms with E-state index in [1.54, 1.807) is 29.2 Å². The van der Waals surface area contributed by atoms with Crippen LogP contribution in [0, 0.1) is 0 Å². The van der Waals surface area contributed by atoms with E-state index >= 15 is 0 Å². The lowest BCUT2D eigenvalue weighted by Gasteiger charge is -2.39. The third-order valence-corrected chi connectivity index (χ3v) is 8.84. The normalized spacial score (nSPS) is 23.3. The molecule has 1 atom stereocenters. The minimum absolute atomic E-state index is 0.130. The average Bonchev–Trinajstić information content (AvgIpc) is 3.36. The van der Waals surface area contributed by atoms with Crippen molar-refractivity contribution in [3.05, 3.63) is 57.4 Å².